The average molecular weight is 321 g/mol. The number of urea groups is 1. The van der Waals surface area contributed by atoms with Gasteiger partial charge in [0, 0.05) is 23.1 Å². The van der Waals surface area contributed by atoms with Crippen LogP contribution in [0.2, 0.25) is 0 Å². The molecule has 2 atom stereocenters. The number of carbonyl (C=O) groups is 2. The van der Waals surface area contributed by atoms with Crippen molar-refractivity contribution in [2.75, 3.05) is 17.7 Å². The Labute approximate surface area is 130 Å². The summed E-state index contributed by atoms with van der Waals surface area (Å²) in [5, 5.41) is 13.7. The van der Waals surface area contributed by atoms with Crippen LogP contribution >= 0.6 is 11.5 Å². The summed E-state index contributed by atoms with van der Waals surface area (Å²) in [7, 11) is 1.26. The lowest BCUT2D eigenvalue weighted by molar-refractivity contribution is 0.0596. The smallest absolute Gasteiger partial charge is 0.359 e. The number of nitrogens with one attached hydrogen (secondary N) is 3. The van der Waals surface area contributed by atoms with Crippen LogP contribution in [0.1, 0.15) is 35.4 Å². The Balaban J connectivity index is 1.62. The zero-order chi connectivity index (χ0) is 15.7. The second kappa shape index (κ2) is 5.76. The highest BCUT2D eigenvalue weighted by atomic mass is 32.1. The van der Waals surface area contributed by atoms with Crippen molar-refractivity contribution in [3.63, 3.8) is 0 Å². The second-order valence-corrected chi connectivity index (χ2v) is 5.80. The molecule has 22 heavy (non-hydrogen) atoms. The number of methoxy groups -OCH3 is 1. The molecule has 8 nitrogen and oxygen atoms in total. The first-order chi connectivity index (χ1) is 10.6. The summed E-state index contributed by atoms with van der Waals surface area (Å²) in [6.45, 7) is 2.17. The van der Waals surface area contributed by atoms with Crippen molar-refractivity contribution in [1.82, 2.24) is 14.6 Å². The van der Waals surface area contributed by atoms with Crippen LogP contribution in [-0.4, -0.2) is 33.7 Å². The maximum Gasteiger partial charge on any atom is 0.359 e. The zero-order valence-electron chi connectivity index (χ0n) is 12.0. The SMILES string of the molecule is COC(=O)c1nscc1NC(=O)Nc1cc(C2CC2C)[nH]n1. The summed E-state index contributed by atoms with van der Waals surface area (Å²) in [4.78, 5) is 23.4. The molecule has 1 aliphatic carbocycles. The Bertz CT molecular complexity index is 710. The molecule has 3 rings (SSSR count). The van der Waals surface area contributed by atoms with Gasteiger partial charge in [0.2, 0.25) is 0 Å². The molecule has 0 spiro atoms. The molecule has 1 aliphatic rings. The number of rotatable bonds is 4. The molecule has 9 heteroatoms. The Morgan fingerprint density at radius 3 is 2.91 bits per heavy atom. The normalized spacial score (nSPS) is 19.5. The third-order valence-electron chi connectivity index (χ3n) is 3.54. The molecule has 0 radical (unpaired) electrons. The van der Waals surface area contributed by atoms with Crippen LogP contribution in [0.25, 0.3) is 0 Å². The molecule has 0 aliphatic heterocycles. The van der Waals surface area contributed by atoms with E-state index in [2.05, 4.69) is 36.9 Å². The van der Waals surface area contributed by atoms with Gasteiger partial charge in [0.15, 0.2) is 11.5 Å². The number of esters is 1. The number of ether oxygens (including phenoxy) is 1. The topological polar surface area (TPSA) is 109 Å². The maximum absolute atomic E-state index is 12.0. The van der Waals surface area contributed by atoms with Crippen molar-refractivity contribution in [2.24, 2.45) is 5.92 Å². The molecule has 2 unspecified atom stereocenters. The van der Waals surface area contributed by atoms with Crippen LogP contribution in [0, 0.1) is 5.92 Å². The Morgan fingerprint density at radius 2 is 2.23 bits per heavy atom. The molecule has 0 saturated heterocycles. The largest absolute Gasteiger partial charge is 0.464 e. The second-order valence-electron chi connectivity index (χ2n) is 5.18. The van der Waals surface area contributed by atoms with E-state index < -0.39 is 12.0 Å². The van der Waals surface area contributed by atoms with E-state index in [-0.39, 0.29) is 5.69 Å². The fraction of sp³-hybridized carbons (Fsp3) is 0.385. The Hall–Kier alpha value is -2.42. The van der Waals surface area contributed by atoms with Gasteiger partial charge in [-0.25, -0.2) is 9.59 Å². The average Bonchev–Trinajstić information content (AvgIpc) is 2.91. The van der Waals surface area contributed by atoms with Crippen molar-refractivity contribution in [3.8, 4) is 0 Å². The van der Waals surface area contributed by atoms with Crippen molar-refractivity contribution < 1.29 is 14.3 Å². The van der Waals surface area contributed by atoms with Crippen LogP contribution in [-0.2, 0) is 4.74 Å². The highest BCUT2D eigenvalue weighted by molar-refractivity contribution is 7.04. The third-order valence-corrected chi connectivity index (χ3v) is 4.17. The molecule has 116 valence electrons. The number of H-pyrrole nitrogens is 1. The van der Waals surface area contributed by atoms with Crippen molar-refractivity contribution in [3.05, 3.63) is 22.8 Å². The van der Waals surface area contributed by atoms with Crippen molar-refractivity contribution in [2.45, 2.75) is 19.3 Å². The Kier molecular flexibility index (Phi) is 3.80. The summed E-state index contributed by atoms with van der Waals surface area (Å²) in [6, 6.07) is 1.33. The molecule has 0 aromatic carbocycles. The van der Waals surface area contributed by atoms with Gasteiger partial charge >= 0.3 is 12.0 Å². The molecule has 1 saturated carbocycles. The van der Waals surface area contributed by atoms with Gasteiger partial charge in [-0.3, -0.25) is 10.4 Å². The summed E-state index contributed by atoms with van der Waals surface area (Å²) in [6.07, 6.45) is 1.14. The van der Waals surface area contributed by atoms with Gasteiger partial charge in [-0.15, -0.1) is 0 Å². The standard InChI is InChI=1S/C13H15N5O3S/c1-6-3-7(6)8-4-10(17-16-8)15-13(20)14-9-5-22-18-11(9)12(19)21-2/h4-7H,3H2,1-2H3,(H3,14,15,16,17,20). The van der Waals surface area contributed by atoms with Crippen LogP contribution < -0.4 is 10.6 Å². The fourth-order valence-corrected chi connectivity index (χ4v) is 2.79. The molecule has 2 aromatic rings. The first-order valence-corrected chi connectivity index (χ1v) is 7.58. The number of aromatic amines is 1. The summed E-state index contributed by atoms with van der Waals surface area (Å²) in [5.74, 6) is 0.996. The molecule has 2 heterocycles. The van der Waals surface area contributed by atoms with Crippen LogP contribution in [0.5, 0.6) is 0 Å². The van der Waals surface area contributed by atoms with E-state index in [9.17, 15) is 9.59 Å². The monoisotopic (exact) mass is 321 g/mol. The van der Waals surface area contributed by atoms with Gasteiger partial charge in [-0.05, 0) is 23.9 Å². The minimum absolute atomic E-state index is 0.0807. The van der Waals surface area contributed by atoms with Gasteiger partial charge in [-0.1, -0.05) is 6.92 Å². The molecular weight excluding hydrogens is 306 g/mol. The third kappa shape index (κ3) is 2.93. The molecule has 3 N–H and O–H groups in total. The van der Waals surface area contributed by atoms with Crippen molar-refractivity contribution in [1.29, 1.82) is 0 Å². The minimum Gasteiger partial charge on any atom is -0.464 e. The summed E-state index contributed by atoms with van der Waals surface area (Å²) < 4.78 is 8.49. The molecule has 2 amide bonds. The van der Waals surface area contributed by atoms with Gasteiger partial charge in [-0.2, -0.15) is 9.47 Å². The number of carbonyl (C=O) groups excluding carboxylic acids is 2. The highest BCUT2D eigenvalue weighted by Crippen LogP contribution is 2.46. The Morgan fingerprint density at radius 1 is 1.45 bits per heavy atom. The predicted octanol–water partition coefficient (Wildman–Crippen LogP) is 2.42. The van der Waals surface area contributed by atoms with E-state index in [1.54, 1.807) is 5.38 Å². The van der Waals surface area contributed by atoms with Gasteiger partial charge in [0.1, 0.15) is 0 Å². The van der Waals surface area contributed by atoms with Crippen LogP contribution in [0.3, 0.4) is 0 Å². The molecule has 2 aromatic heterocycles. The van der Waals surface area contributed by atoms with E-state index in [0.29, 0.717) is 23.3 Å². The number of hydrogen-bond acceptors (Lipinski definition) is 6. The van der Waals surface area contributed by atoms with E-state index >= 15 is 0 Å². The lowest BCUT2D eigenvalue weighted by Crippen LogP contribution is -2.21. The number of amides is 2. The fourth-order valence-electron chi connectivity index (χ4n) is 2.19. The van der Waals surface area contributed by atoms with Crippen LogP contribution in [0.15, 0.2) is 11.4 Å². The van der Waals surface area contributed by atoms with Gasteiger partial charge in [0.25, 0.3) is 0 Å². The number of hydrogen-bond donors (Lipinski definition) is 3. The quantitative estimate of drug-likeness (QED) is 0.749. The highest BCUT2D eigenvalue weighted by Gasteiger charge is 2.35. The zero-order valence-corrected chi connectivity index (χ0v) is 12.9. The lowest BCUT2D eigenvalue weighted by Gasteiger charge is -2.04. The van der Waals surface area contributed by atoms with Gasteiger partial charge < -0.3 is 10.1 Å². The van der Waals surface area contributed by atoms with Crippen LogP contribution in [0.4, 0.5) is 16.3 Å². The van der Waals surface area contributed by atoms with E-state index in [0.717, 1.165) is 23.6 Å². The maximum atomic E-state index is 12.0. The number of nitrogens with zero attached hydrogens (tertiary/aromatic N) is 2. The van der Waals surface area contributed by atoms with E-state index in [1.807, 2.05) is 6.07 Å². The molecule has 0 bridgehead atoms. The summed E-state index contributed by atoms with van der Waals surface area (Å²) >= 11 is 1.06. The van der Waals surface area contributed by atoms with Gasteiger partial charge in [0.05, 0.1) is 12.8 Å². The number of anilines is 2. The van der Waals surface area contributed by atoms with E-state index in [1.165, 1.54) is 7.11 Å². The number of aromatic nitrogens is 3. The molecule has 1 fully saturated rings. The first-order valence-electron chi connectivity index (χ1n) is 6.74. The van der Waals surface area contributed by atoms with E-state index in [4.69, 9.17) is 0 Å². The molecular formula is C13H15N5O3S. The summed E-state index contributed by atoms with van der Waals surface area (Å²) in [5.41, 5.74) is 1.41. The predicted molar refractivity (Wildman–Crippen MR) is 81.2 cm³/mol. The first kappa shape index (κ1) is 14.5. The minimum atomic E-state index is -0.596. The lowest BCUT2D eigenvalue weighted by atomic mass is 10.2. The van der Waals surface area contributed by atoms with Crippen molar-refractivity contribution >= 4 is 35.0 Å².